The van der Waals surface area contributed by atoms with Gasteiger partial charge in [0, 0.05) is 6.42 Å². The lowest BCUT2D eigenvalue weighted by Crippen LogP contribution is -2.66. The SMILES string of the molecule is CC/C=C\C/C=C\C/C=C\C/C=C\C/C=C\C/C=C\C/C=C\CCCCCCCCCCCC(=O)NC(COC1OC(CO)C(OC2OC(CO)C(OC3OC(CO)C(O)C(O)C3O)C(O)C2O)C(O)C1O)C(O)CCCCCCCCCCCCCCCCCCCCCCCCCCCCCCCCC. The third kappa shape index (κ3) is 46.7. The highest BCUT2D eigenvalue weighted by Crippen LogP contribution is 2.33. The van der Waals surface area contributed by atoms with Crippen LogP contribution in [0.2, 0.25) is 0 Å². The van der Waals surface area contributed by atoms with Gasteiger partial charge in [-0.15, -0.1) is 0 Å². The highest BCUT2D eigenvalue weighted by Gasteiger charge is 2.54. The third-order valence-electron chi connectivity index (χ3n) is 21.2. The lowest BCUT2D eigenvalue weighted by atomic mass is 9.96. The van der Waals surface area contributed by atoms with E-state index in [9.17, 15) is 61.0 Å². The van der Waals surface area contributed by atoms with Gasteiger partial charge in [-0.2, -0.15) is 0 Å². The highest BCUT2D eigenvalue weighted by molar-refractivity contribution is 5.76. The van der Waals surface area contributed by atoms with Crippen LogP contribution in [0.1, 0.15) is 335 Å². The molecule has 3 fully saturated rings. The third-order valence-corrected chi connectivity index (χ3v) is 21.2. The molecule has 3 heterocycles. The Labute approximate surface area is 648 Å². The highest BCUT2D eigenvalue weighted by atomic mass is 16.8. The molecular formula is C88H157NO18. The Morgan fingerprint density at radius 1 is 0.346 bits per heavy atom. The first-order chi connectivity index (χ1) is 52.3. The monoisotopic (exact) mass is 1520 g/mol. The van der Waals surface area contributed by atoms with Gasteiger partial charge in [0.25, 0.3) is 0 Å². The minimum absolute atomic E-state index is 0.248. The van der Waals surface area contributed by atoms with Crippen molar-refractivity contribution >= 4 is 5.91 Å². The molecule has 3 saturated heterocycles. The summed E-state index contributed by atoms with van der Waals surface area (Å²) >= 11 is 0. The fourth-order valence-corrected chi connectivity index (χ4v) is 14.4. The molecule has 0 bridgehead atoms. The number of hydrogen-bond donors (Lipinski definition) is 12. The van der Waals surface area contributed by atoms with Crippen molar-refractivity contribution in [2.75, 3.05) is 26.4 Å². The van der Waals surface area contributed by atoms with Gasteiger partial charge in [0.05, 0.1) is 38.6 Å². The van der Waals surface area contributed by atoms with Crippen molar-refractivity contribution in [1.82, 2.24) is 5.32 Å². The molecule has 19 heteroatoms. The molecule has 17 unspecified atom stereocenters. The fraction of sp³-hybridized carbons (Fsp3) is 0.830. The molecule has 0 radical (unpaired) electrons. The Kier molecular flexibility index (Phi) is 61.9. The second-order valence-electron chi connectivity index (χ2n) is 30.6. The molecule has 622 valence electrons. The number of hydrogen-bond acceptors (Lipinski definition) is 18. The van der Waals surface area contributed by atoms with Gasteiger partial charge in [-0.25, -0.2) is 0 Å². The Hall–Kier alpha value is -3.03. The summed E-state index contributed by atoms with van der Waals surface area (Å²) in [6.07, 6.45) is 63.9. The van der Waals surface area contributed by atoms with E-state index in [0.29, 0.717) is 12.8 Å². The van der Waals surface area contributed by atoms with Crippen molar-refractivity contribution in [3.8, 4) is 0 Å². The average molecular weight is 1520 g/mol. The van der Waals surface area contributed by atoms with Crippen LogP contribution in [-0.4, -0.2) is 193 Å². The predicted molar refractivity (Wildman–Crippen MR) is 429 cm³/mol. The van der Waals surface area contributed by atoms with Gasteiger partial charge < -0.3 is 89.9 Å². The minimum Gasteiger partial charge on any atom is -0.394 e. The van der Waals surface area contributed by atoms with E-state index in [1.807, 2.05) is 0 Å². The van der Waals surface area contributed by atoms with Crippen molar-refractivity contribution in [3.63, 3.8) is 0 Å². The summed E-state index contributed by atoms with van der Waals surface area (Å²) in [7, 11) is 0. The zero-order valence-corrected chi connectivity index (χ0v) is 66.9. The first-order valence-corrected chi connectivity index (χ1v) is 43.3. The summed E-state index contributed by atoms with van der Waals surface area (Å²) in [6.45, 7) is 1.72. The Morgan fingerprint density at radius 2 is 0.645 bits per heavy atom. The molecule has 0 aromatic carbocycles. The molecule has 0 spiro atoms. The number of carbonyl (C=O) groups excluding carboxylic acids is 1. The van der Waals surface area contributed by atoms with Gasteiger partial charge in [0.1, 0.15) is 73.2 Å². The quantitative estimate of drug-likeness (QED) is 0.0199. The van der Waals surface area contributed by atoms with E-state index in [2.05, 4.69) is 104 Å². The second kappa shape index (κ2) is 67.5. The number of amides is 1. The standard InChI is InChI=1S/C88H157NO18/c1-3-5-7-9-11-13-15-17-19-21-23-25-27-29-31-33-35-37-39-41-43-45-47-49-51-53-55-57-59-61-63-65-72(93)71(89-76(94)66-64-62-60-58-56-54-52-50-48-46-44-42-40-38-36-34-32-30-28-26-24-22-20-18-16-14-12-10-8-6-4-2)70-102-86-82(100)79(97)84(74(68-91)104-86)107-88-83(101)80(98)85(75(69-92)105-88)106-87-81(99)78(96)77(95)73(67-90)103-87/h6,8,12,14,18,20,24,26,30,32,36,38,42,44,71-75,77-88,90-93,95-101H,3-5,7,9-11,13,15-17,19,21-23,25,27-29,31,33-35,37,39-41,43,45-70H2,1-2H3,(H,89,94)/b8-6-,14-12-,20-18-,26-24-,32-30-,38-36-,44-42-. The molecule has 107 heavy (non-hydrogen) atoms. The number of unbranched alkanes of at least 4 members (excludes halogenated alkanes) is 39. The van der Waals surface area contributed by atoms with Gasteiger partial charge in [0.2, 0.25) is 5.91 Å². The molecule has 3 aliphatic rings. The van der Waals surface area contributed by atoms with Crippen LogP contribution in [0.15, 0.2) is 85.1 Å². The fourth-order valence-electron chi connectivity index (χ4n) is 14.4. The molecule has 0 aromatic rings. The van der Waals surface area contributed by atoms with Crippen LogP contribution in [0, 0.1) is 0 Å². The second-order valence-corrected chi connectivity index (χ2v) is 30.6. The van der Waals surface area contributed by atoms with E-state index in [1.165, 1.54) is 199 Å². The number of nitrogens with one attached hydrogen (secondary N) is 1. The van der Waals surface area contributed by atoms with Gasteiger partial charge in [-0.05, 0) is 70.6 Å². The van der Waals surface area contributed by atoms with Crippen molar-refractivity contribution in [1.29, 1.82) is 0 Å². The molecule has 0 saturated carbocycles. The van der Waals surface area contributed by atoms with Crippen LogP contribution < -0.4 is 5.32 Å². The summed E-state index contributed by atoms with van der Waals surface area (Å²) < 4.78 is 34.6. The van der Waals surface area contributed by atoms with E-state index in [-0.39, 0.29) is 18.9 Å². The van der Waals surface area contributed by atoms with Crippen LogP contribution in [0.5, 0.6) is 0 Å². The van der Waals surface area contributed by atoms with Crippen LogP contribution >= 0.6 is 0 Å². The first-order valence-electron chi connectivity index (χ1n) is 43.3. The number of carbonyl (C=O) groups is 1. The molecule has 3 rings (SSSR count). The lowest BCUT2D eigenvalue weighted by molar-refractivity contribution is -0.379. The topological polar surface area (TPSA) is 307 Å². The molecule has 17 atom stereocenters. The van der Waals surface area contributed by atoms with Crippen LogP contribution in [0.3, 0.4) is 0 Å². The predicted octanol–water partition coefficient (Wildman–Crippen LogP) is 15.7. The zero-order chi connectivity index (χ0) is 77.4. The van der Waals surface area contributed by atoms with Crippen molar-refractivity contribution in [3.05, 3.63) is 85.1 Å². The maximum Gasteiger partial charge on any atom is 0.220 e. The molecule has 3 aliphatic heterocycles. The summed E-state index contributed by atoms with van der Waals surface area (Å²) in [5, 5.41) is 121. The molecular weight excluding hydrogens is 1360 g/mol. The number of rotatable bonds is 69. The largest absolute Gasteiger partial charge is 0.394 e. The van der Waals surface area contributed by atoms with E-state index in [4.69, 9.17) is 28.4 Å². The first kappa shape index (κ1) is 98.2. The van der Waals surface area contributed by atoms with Crippen LogP contribution in [0.25, 0.3) is 0 Å². The van der Waals surface area contributed by atoms with E-state index < -0.39 is 124 Å². The number of allylic oxidation sites excluding steroid dienone is 14. The number of aliphatic hydroxyl groups is 11. The number of ether oxygens (including phenoxy) is 6. The summed E-state index contributed by atoms with van der Waals surface area (Å²) in [6, 6.07) is -0.899. The zero-order valence-electron chi connectivity index (χ0n) is 66.9. The minimum atomic E-state index is -1.98. The Bertz CT molecular complexity index is 2260. The van der Waals surface area contributed by atoms with Crippen molar-refractivity contribution in [2.24, 2.45) is 0 Å². The normalized spacial score (nSPS) is 25.9. The van der Waals surface area contributed by atoms with Gasteiger partial charge in [-0.1, -0.05) is 343 Å². The average Bonchev–Trinajstić information content (AvgIpc) is 0.780. The Morgan fingerprint density at radius 3 is 1.01 bits per heavy atom. The van der Waals surface area contributed by atoms with Gasteiger partial charge in [0.15, 0.2) is 18.9 Å². The lowest BCUT2D eigenvalue weighted by Gasteiger charge is -2.48. The molecule has 0 aliphatic carbocycles. The molecule has 1 amide bonds. The smallest absolute Gasteiger partial charge is 0.220 e. The summed E-state index contributed by atoms with van der Waals surface area (Å²) in [5.41, 5.74) is 0. The van der Waals surface area contributed by atoms with Gasteiger partial charge >= 0.3 is 0 Å². The van der Waals surface area contributed by atoms with E-state index >= 15 is 0 Å². The van der Waals surface area contributed by atoms with E-state index in [1.54, 1.807) is 0 Å². The van der Waals surface area contributed by atoms with Crippen molar-refractivity contribution < 1.29 is 89.4 Å². The molecule has 0 aromatic heterocycles. The van der Waals surface area contributed by atoms with E-state index in [0.717, 1.165) is 103 Å². The summed E-state index contributed by atoms with van der Waals surface area (Å²) in [5.74, 6) is -0.248. The van der Waals surface area contributed by atoms with Crippen LogP contribution in [-0.2, 0) is 33.2 Å². The summed E-state index contributed by atoms with van der Waals surface area (Å²) in [4.78, 5) is 13.5. The molecule has 12 N–H and O–H groups in total. The maximum atomic E-state index is 13.5. The van der Waals surface area contributed by atoms with Crippen LogP contribution in [0.4, 0.5) is 0 Å². The van der Waals surface area contributed by atoms with Crippen molar-refractivity contribution in [2.45, 2.75) is 439 Å². The number of aliphatic hydroxyl groups excluding tert-OH is 11. The Balaban J connectivity index is 1.35. The maximum absolute atomic E-state index is 13.5. The molecule has 19 nitrogen and oxygen atoms in total. The van der Waals surface area contributed by atoms with Gasteiger partial charge in [-0.3, -0.25) is 4.79 Å².